The zero-order chi connectivity index (χ0) is 14.0. The van der Waals surface area contributed by atoms with Crippen LogP contribution in [0.5, 0.6) is 0 Å². The second kappa shape index (κ2) is 5.43. The SMILES string of the molecule is CCn1c(C)cc(C=Nc2ccc(C)c(C)c2)c1C. The Bertz CT molecular complexity index is 618. The number of hydrogen-bond acceptors (Lipinski definition) is 1. The van der Waals surface area contributed by atoms with Gasteiger partial charge >= 0.3 is 0 Å². The van der Waals surface area contributed by atoms with Crippen LogP contribution in [0, 0.1) is 27.7 Å². The van der Waals surface area contributed by atoms with E-state index < -0.39 is 0 Å². The number of rotatable bonds is 3. The van der Waals surface area contributed by atoms with Crippen molar-refractivity contribution < 1.29 is 0 Å². The van der Waals surface area contributed by atoms with Gasteiger partial charge in [-0.3, -0.25) is 4.99 Å². The predicted molar refractivity (Wildman–Crippen MR) is 82.8 cm³/mol. The average Bonchev–Trinajstić information content (AvgIpc) is 2.65. The fourth-order valence-electron chi connectivity index (χ4n) is 2.40. The molecule has 0 atom stereocenters. The molecule has 0 aliphatic rings. The van der Waals surface area contributed by atoms with E-state index >= 15 is 0 Å². The zero-order valence-corrected chi connectivity index (χ0v) is 12.5. The van der Waals surface area contributed by atoms with Gasteiger partial charge in [0.2, 0.25) is 0 Å². The van der Waals surface area contributed by atoms with Gasteiger partial charge in [-0.2, -0.15) is 0 Å². The van der Waals surface area contributed by atoms with Gasteiger partial charge in [0.1, 0.15) is 0 Å². The van der Waals surface area contributed by atoms with Gasteiger partial charge in [-0.25, -0.2) is 0 Å². The van der Waals surface area contributed by atoms with Gasteiger partial charge in [0.15, 0.2) is 0 Å². The van der Waals surface area contributed by atoms with Gasteiger partial charge in [-0.1, -0.05) is 6.07 Å². The lowest BCUT2D eigenvalue weighted by atomic mass is 10.1. The third-order valence-corrected chi connectivity index (χ3v) is 3.77. The highest BCUT2D eigenvalue weighted by atomic mass is 15.0. The van der Waals surface area contributed by atoms with Crippen LogP contribution in [0.2, 0.25) is 0 Å². The lowest BCUT2D eigenvalue weighted by molar-refractivity contribution is 0.718. The van der Waals surface area contributed by atoms with Crippen LogP contribution in [-0.2, 0) is 6.54 Å². The van der Waals surface area contributed by atoms with Crippen molar-refractivity contribution in [3.8, 4) is 0 Å². The second-order valence-corrected chi connectivity index (χ2v) is 5.10. The van der Waals surface area contributed by atoms with Crippen LogP contribution < -0.4 is 0 Å². The highest BCUT2D eigenvalue weighted by molar-refractivity contribution is 5.83. The average molecular weight is 254 g/mol. The molecule has 1 aromatic carbocycles. The minimum atomic E-state index is 1.01. The first kappa shape index (κ1) is 13.6. The van der Waals surface area contributed by atoms with E-state index in [1.54, 1.807) is 0 Å². The second-order valence-electron chi connectivity index (χ2n) is 5.10. The smallest absolute Gasteiger partial charge is 0.0632 e. The highest BCUT2D eigenvalue weighted by Crippen LogP contribution is 2.18. The summed E-state index contributed by atoms with van der Waals surface area (Å²) in [4.78, 5) is 4.59. The highest BCUT2D eigenvalue weighted by Gasteiger charge is 2.05. The van der Waals surface area contributed by atoms with Gasteiger partial charge < -0.3 is 4.57 Å². The third-order valence-electron chi connectivity index (χ3n) is 3.77. The Morgan fingerprint density at radius 3 is 2.37 bits per heavy atom. The van der Waals surface area contributed by atoms with Crippen molar-refractivity contribution in [2.75, 3.05) is 0 Å². The molecule has 0 unspecified atom stereocenters. The van der Waals surface area contributed by atoms with Crippen molar-refractivity contribution in [1.82, 2.24) is 4.57 Å². The van der Waals surface area contributed by atoms with Gasteiger partial charge in [-0.15, -0.1) is 0 Å². The molecular weight excluding hydrogens is 232 g/mol. The quantitative estimate of drug-likeness (QED) is 0.718. The summed E-state index contributed by atoms with van der Waals surface area (Å²) in [6, 6.07) is 8.52. The summed E-state index contributed by atoms with van der Waals surface area (Å²) in [7, 11) is 0. The first-order valence-corrected chi connectivity index (χ1v) is 6.81. The van der Waals surface area contributed by atoms with Gasteiger partial charge in [0.25, 0.3) is 0 Å². The molecule has 2 aromatic rings. The van der Waals surface area contributed by atoms with Crippen molar-refractivity contribution >= 4 is 11.9 Å². The summed E-state index contributed by atoms with van der Waals surface area (Å²) in [6.45, 7) is 11.7. The molecule has 1 heterocycles. The molecule has 0 amide bonds. The Morgan fingerprint density at radius 1 is 1.05 bits per heavy atom. The fourth-order valence-corrected chi connectivity index (χ4v) is 2.40. The Labute approximate surface area is 115 Å². The minimum absolute atomic E-state index is 1.01. The van der Waals surface area contributed by atoms with E-state index in [4.69, 9.17) is 0 Å². The molecule has 0 N–H and O–H groups in total. The van der Waals surface area contributed by atoms with Crippen LogP contribution in [0.4, 0.5) is 5.69 Å². The van der Waals surface area contributed by atoms with E-state index in [2.05, 4.69) is 68.4 Å². The first-order chi connectivity index (χ1) is 9.02. The van der Waals surface area contributed by atoms with Crippen molar-refractivity contribution in [3.05, 3.63) is 52.3 Å². The van der Waals surface area contributed by atoms with E-state index in [-0.39, 0.29) is 0 Å². The van der Waals surface area contributed by atoms with Crippen LogP contribution in [0.25, 0.3) is 0 Å². The molecular formula is C17H22N2. The molecule has 2 heteroatoms. The topological polar surface area (TPSA) is 17.3 Å². The molecule has 0 bridgehead atoms. The predicted octanol–water partition coefficient (Wildman–Crippen LogP) is 4.49. The number of aliphatic imine (C=N–C) groups is 1. The maximum atomic E-state index is 4.59. The molecule has 0 aliphatic heterocycles. The maximum absolute atomic E-state index is 4.59. The van der Waals surface area contributed by atoms with Gasteiger partial charge in [0.05, 0.1) is 5.69 Å². The maximum Gasteiger partial charge on any atom is 0.0632 e. The van der Waals surface area contributed by atoms with Crippen molar-refractivity contribution in [1.29, 1.82) is 0 Å². The molecule has 0 spiro atoms. The van der Waals surface area contributed by atoms with Crippen molar-refractivity contribution in [2.24, 2.45) is 4.99 Å². The molecule has 100 valence electrons. The summed E-state index contributed by atoms with van der Waals surface area (Å²) in [5.41, 5.74) is 7.40. The van der Waals surface area contributed by atoms with E-state index in [1.165, 1.54) is 28.1 Å². The van der Waals surface area contributed by atoms with Crippen molar-refractivity contribution in [2.45, 2.75) is 41.2 Å². The Kier molecular flexibility index (Phi) is 3.89. The molecule has 2 nitrogen and oxygen atoms in total. The molecule has 0 aliphatic carbocycles. The monoisotopic (exact) mass is 254 g/mol. The van der Waals surface area contributed by atoms with E-state index in [9.17, 15) is 0 Å². The van der Waals surface area contributed by atoms with Gasteiger partial charge in [-0.05, 0) is 63.9 Å². The number of benzene rings is 1. The fraction of sp³-hybridized carbons (Fsp3) is 0.353. The number of aromatic nitrogens is 1. The summed E-state index contributed by atoms with van der Waals surface area (Å²) in [5, 5.41) is 0. The van der Waals surface area contributed by atoms with Crippen LogP contribution in [0.15, 0.2) is 29.3 Å². The molecule has 0 saturated carbocycles. The first-order valence-electron chi connectivity index (χ1n) is 6.81. The van der Waals surface area contributed by atoms with Gasteiger partial charge in [0, 0.05) is 29.7 Å². The lowest BCUT2D eigenvalue weighted by Gasteiger charge is -2.04. The molecule has 19 heavy (non-hydrogen) atoms. The number of hydrogen-bond donors (Lipinski definition) is 0. The normalized spacial score (nSPS) is 11.4. The van der Waals surface area contributed by atoms with Crippen LogP contribution >= 0.6 is 0 Å². The largest absolute Gasteiger partial charge is 0.349 e. The third kappa shape index (κ3) is 2.78. The summed E-state index contributed by atoms with van der Waals surface area (Å²) < 4.78 is 2.31. The molecule has 1 aromatic heterocycles. The Hall–Kier alpha value is -1.83. The lowest BCUT2D eigenvalue weighted by Crippen LogP contribution is -1.99. The summed E-state index contributed by atoms with van der Waals surface area (Å²) in [5.74, 6) is 0. The van der Waals surface area contributed by atoms with E-state index in [1.807, 2.05) is 6.21 Å². The molecule has 0 saturated heterocycles. The minimum Gasteiger partial charge on any atom is -0.349 e. The Morgan fingerprint density at radius 2 is 1.79 bits per heavy atom. The summed E-state index contributed by atoms with van der Waals surface area (Å²) >= 11 is 0. The standard InChI is InChI=1S/C17H22N2/c1-6-19-14(4)10-16(15(19)5)11-18-17-8-7-12(2)13(3)9-17/h7-11H,6H2,1-5H3. The van der Waals surface area contributed by atoms with Crippen LogP contribution in [0.1, 0.15) is 35.0 Å². The Balaban J connectivity index is 2.30. The van der Waals surface area contributed by atoms with E-state index in [0.29, 0.717) is 0 Å². The number of nitrogens with zero attached hydrogens (tertiary/aromatic N) is 2. The van der Waals surface area contributed by atoms with E-state index in [0.717, 1.165) is 12.2 Å². The molecule has 0 radical (unpaired) electrons. The summed E-state index contributed by atoms with van der Waals surface area (Å²) in [6.07, 6.45) is 1.97. The van der Waals surface area contributed by atoms with Crippen molar-refractivity contribution in [3.63, 3.8) is 0 Å². The molecule has 0 fully saturated rings. The number of aryl methyl sites for hydroxylation is 3. The van der Waals surface area contributed by atoms with Crippen LogP contribution in [0.3, 0.4) is 0 Å². The zero-order valence-electron chi connectivity index (χ0n) is 12.5. The molecule has 2 rings (SSSR count). The van der Waals surface area contributed by atoms with Crippen LogP contribution in [-0.4, -0.2) is 10.8 Å².